The van der Waals surface area contributed by atoms with Crippen LogP contribution in [0.5, 0.6) is 0 Å². The molecular formula is C12H19NO2. The van der Waals surface area contributed by atoms with E-state index in [9.17, 15) is 5.11 Å². The number of hydrogen-bond acceptors (Lipinski definition) is 3. The predicted molar refractivity (Wildman–Crippen MR) is 58.8 cm³/mol. The molecule has 1 aliphatic heterocycles. The summed E-state index contributed by atoms with van der Waals surface area (Å²) in [6.45, 7) is 3.42. The summed E-state index contributed by atoms with van der Waals surface area (Å²) in [6, 6.07) is 3.83. The van der Waals surface area contributed by atoms with Crippen LogP contribution in [0.3, 0.4) is 0 Å². The van der Waals surface area contributed by atoms with Gasteiger partial charge in [0.05, 0.1) is 18.8 Å². The van der Waals surface area contributed by atoms with Gasteiger partial charge in [-0.3, -0.25) is 0 Å². The van der Waals surface area contributed by atoms with Crippen molar-refractivity contribution in [2.24, 2.45) is 0 Å². The van der Waals surface area contributed by atoms with Gasteiger partial charge < -0.3 is 14.4 Å². The molecule has 0 bridgehead atoms. The number of rotatable bonds is 4. The van der Waals surface area contributed by atoms with E-state index in [2.05, 4.69) is 4.90 Å². The first-order valence-corrected chi connectivity index (χ1v) is 5.77. The minimum Gasteiger partial charge on any atom is -0.469 e. The lowest BCUT2D eigenvalue weighted by Gasteiger charge is -2.29. The van der Waals surface area contributed by atoms with Crippen molar-refractivity contribution >= 4 is 0 Å². The van der Waals surface area contributed by atoms with Crippen LogP contribution in [0.2, 0.25) is 0 Å². The lowest BCUT2D eigenvalue weighted by Crippen LogP contribution is -2.34. The molecule has 3 nitrogen and oxygen atoms in total. The van der Waals surface area contributed by atoms with Gasteiger partial charge >= 0.3 is 0 Å². The topological polar surface area (TPSA) is 36.6 Å². The zero-order valence-electron chi connectivity index (χ0n) is 9.06. The number of furan rings is 1. The van der Waals surface area contributed by atoms with E-state index in [4.69, 9.17) is 4.42 Å². The van der Waals surface area contributed by atoms with Crippen LogP contribution >= 0.6 is 0 Å². The van der Waals surface area contributed by atoms with E-state index in [1.54, 1.807) is 6.26 Å². The molecule has 1 atom stereocenters. The summed E-state index contributed by atoms with van der Waals surface area (Å²) in [4.78, 5) is 2.42. The number of piperidine rings is 1. The first kappa shape index (κ1) is 10.7. The van der Waals surface area contributed by atoms with Gasteiger partial charge in [0.25, 0.3) is 0 Å². The van der Waals surface area contributed by atoms with Gasteiger partial charge in [0.1, 0.15) is 5.76 Å². The Bertz CT molecular complexity index is 265. The Hall–Kier alpha value is -0.800. The molecule has 0 radical (unpaired) electrons. The minimum atomic E-state index is 0.137. The number of aliphatic hydroxyl groups is 1. The Labute approximate surface area is 90.7 Å². The van der Waals surface area contributed by atoms with Gasteiger partial charge in [-0.1, -0.05) is 6.42 Å². The van der Waals surface area contributed by atoms with Crippen LogP contribution in [0.4, 0.5) is 0 Å². The van der Waals surface area contributed by atoms with Crippen molar-refractivity contribution in [3.8, 4) is 0 Å². The number of hydrogen-bond donors (Lipinski definition) is 1. The minimum absolute atomic E-state index is 0.137. The molecule has 0 aliphatic carbocycles. The lowest BCUT2D eigenvalue weighted by molar-refractivity contribution is 0.168. The SMILES string of the molecule is OCC(CN1CCCCC1)c1ccco1. The third-order valence-corrected chi connectivity index (χ3v) is 3.09. The van der Waals surface area contributed by atoms with E-state index in [0.717, 1.165) is 25.4 Å². The molecule has 1 N–H and O–H groups in total. The normalized spacial score (nSPS) is 20.3. The average Bonchev–Trinajstić information content (AvgIpc) is 2.81. The van der Waals surface area contributed by atoms with Gasteiger partial charge in [-0.05, 0) is 38.1 Å². The zero-order chi connectivity index (χ0) is 10.5. The predicted octanol–water partition coefficient (Wildman–Crippen LogP) is 1.84. The van der Waals surface area contributed by atoms with Crippen LogP contribution in [-0.2, 0) is 0 Å². The molecule has 1 unspecified atom stereocenters. The smallest absolute Gasteiger partial charge is 0.110 e. The van der Waals surface area contributed by atoms with Gasteiger partial charge in [-0.15, -0.1) is 0 Å². The largest absolute Gasteiger partial charge is 0.469 e. The van der Waals surface area contributed by atoms with Crippen molar-refractivity contribution in [2.45, 2.75) is 25.2 Å². The standard InChI is InChI=1S/C12H19NO2/c14-10-11(12-5-4-8-15-12)9-13-6-2-1-3-7-13/h4-5,8,11,14H,1-3,6-7,9-10H2. The summed E-state index contributed by atoms with van der Waals surface area (Å²) < 4.78 is 5.34. The van der Waals surface area contributed by atoms with Crippen molar-refractivity contribution in [3.05, 3.63) is 24.2 Å². The highest BCUT2D eigenvalue weighted by atomic mass is 16.3. The van der Waals surface area contributed by atoms with E-state index in [-0.39, 0.29) is 12.5 Å². The summed E-state index contributed by atoms with van der Waals surface area (Å²) in [5.74, 6) is 1.04. The maximum Gasteiger partial charge on any atom is 0.110 e. The molecule has 84 valence electrons. The van der Waals surface area contributed by atoms with Crippen LogP contribution in [0.15, 0.2) is 22.8 Å². The molecule has 15 heavy (non-hydrogen) atoms. The van der Waals surface area contributed by atoms with Crippen molar-refractivity contribution in [1.82, 2.24) is 4.90 Å². The highest BCUT2D eigenvalue weighted by molar-refractivity contribution is 5.06. The molecule has 0 saturated carbocycles. The summed E-state index contributed by atoms with van der Waals surface area (Å²) in [5, 5.41) is 9.34. The molecule has 2 rings (SSSR count). The zero-order valence-corrected chi connectivity index (χ0v) is 9.06. The highest BCUT2D eigenvalue weighted by Crippen LogP contribution is 2.19. The Kier molecular flexibility index (Phi) is 3.80. The fraction of sp³-hybridized carbons (Fsp3) is 0.667. The fourth-order valence-corrected chi connectivity index (χ4v) is 2.21. The van der Waals surface area contributed by atoms with Gasteiger partial charge in [0.15, 0.2) is 0 Å². The van der Waals surface area contributed by atoms with Crippen LogP contribution in [0.1, 0.15) is 30.9 Å². The third kappa shape index (κ3) is 2.83. The molecule has 0 aromatic carbocycles. The molecule has 1 saturated heterocycles. The van der Waals surface area contributed by atoms with Crippen LogP contribution in [0, 0.1) is 0 Å². The molecule has 3 heteroatoms. The second-order valence-corrected chi connectivity index (χ2v) is 4.26. The van der Waals surface area contributed by atoms with Crippen LogP contribution in [-0.4, -0.2) is 36.2 Å². The van der Waals surface area contributed by atoms with E-state index in [1.807, 2.05) is 12.1 Å². The number of aliphatic hydroxyl groups excluding tert-OH is 1. The maximum absolute atomic E-state index is 9.34. The monoisotopic (exact) mass is 209 g/mol. The number of nitrogens with zero attached hydrogens (tertiary/aromatic N) is 1. The van der Waals surface area contributed by atoms with Crippen molar-refractivity contribution in [1.29, 1.82) is 0 Å². The second kappa shape index (κ2) is 5.33. The average molecular weight is 209 g/mol. The summed E-state index contributed by atoms with van der Waals surface area (Å²) in [5.41, 5.74) is 0. The highest BCUT2D eigenvalue weighted by Gasteiger charge is 2.19. The maximum atomic E-state index is 9.34. The molecule has 1 fully saturated rings. The van der Waals surface area contributed by atoms with Crippen molar-refractivity contribution in [3.63, 3.8) is 0 Å². The van der Waals surface area contributed by atoms with E-state index >= 15 is 0 Å². The second-order valence-electron chi connectivity index (χ2n) is 4.26. The summed E-state index contributed by atoms with van der Waals surface area (Å²) >= 11 is 0. The quantitative estimate of drug-likeness (QED) is 0.822. The first-order chi connectivity index (χ1) is 7.40. The molecule has 1 aromatic rings. The van der Waals surface area contributed by atoms with Crippen LogP contribution < -0.4 is 0 Å². The van der Waals surface area contributed by atoms with Crippen molar-refractivity contribution in [2.75, 3.05) is 26.2 Å². The summed E-state index contributed by atoms with van der Waals surface area (Å²) in [7, 11) is 0. The lowest BCUT2D eigenvalue weighted by atomic mass is 10.0. The number of likely N-dealkylation sites (tertiary alicyclic amines) is 1. The van der Waals surface area contributed by atoms with Gasteiger partial charge in [-0.2, -0.15) is 0 Å². The molecule has 0 spiro atoms. The molecule has 2 heterocycles. The molecule has 1 aliphatic rings. The van der Waals surface area contributed by atoms with E-state index in [0.29, 0.717) is 0 Å². The summed E-state index contributed by atoms with van der Waals surface area (Å²) in [6.07, 6.45) is 5.60. The Morgan fingerprint density at radius 2 is 2.13 bits per heavy atom. The molecular weight excluding hydrogens is 190 g/mol. The Morgan fingerprint density at radius 1 is 1.33 bits per heavy atom. The van der Waals surface area contributed by atoms with E-state index < -0.39 is 0 Å². The Morgan fingerprint density at radius 3 is 2.73 bits per heavy atom. The van der Waals surface area contributed by atoms with Crippen LogP contribution in [0.25, 0.3) is 0 Å². The first-order valence-electron chi connectivity index (χ1n) is 5.77. The third-order valence-electron chi connectivity index (χ3n) is 3.09. The molecule has 0 amide bonds. The van der Waals surface area contributed by atoms with Gasteiger partial charge in [0.2, 0.25) is 0 Å². The fourth-order valence-electron chi connectivity index (χ4n) is 2.21. The Balaban J connectivity index is 1.90. The van der Waals surface area contributed by atoms with Gasteiger partial charge in [0, 0.05) is 6.54 Å². The van der Waals surface area contributed by atoms with E-state index in [1.165, 1.54) is 19.3 Å². The van der Waals surface area contributed by atoms with Crippen molar-refractivity contribution < 1.29 is 9.52 Å². The van der Waals surface area contributed by atoms with Gasteiger partial charge in [-0.25, -0.2) is 0 Å². The molecule has 1 aromatic heterocycles.